The zero-order chi connectivity index (χ0) is 14.9. The van der Waals surface area contributed by atoms with E-state index in [1.165, 1.54) is 31.6 Å². The van der Waals surface area contributed by atoms with Gasteiger partial charge in [-0.15, -0.1) is 0 Å². The second-order valence-electron chi connectivity index (χ2n) is 7.16. The molecule has 122 valence electrons. The van der Waals surface area contributed by atoms with Gasteiger partial charge in [0, 0.05) is 38.8 Å². The molecule has 0 aromatic carbocycles. The second-order valence-corrected chi connectivity index (χ2v) is 10.3. The van der Waals surface area contributed by atoms with Crippen LogP contribution in [-0.4, -0.2) is 80.5 Å². The molecule has 0 aromatic heterocycles. The quantitative estimate of drug-likeness (QED) is 0.759. The van der Waals surface area contributed by atoms with Gasteiger partial charge >= 0.3 is 0 Å². The van der Waals surface area contributed by atoms with E-state index in [4.69, 9.17) is 0 Å². The van der Waals surface area contributed by atoms with Crippen molar-refractivity contribution in [3.05, 3.63) is 0 Å². The molecule has 0 unspecified atom stereocenters. The van der Waals surface area contributed by atoms with E-state index in [0.29, 0.717) is 23.0 Å². The molecule has 21 heavy (non-hydrogen) atoms. The molecule has 0 bridgehead atoms. The summed E-state index contributed by atoms with van der Waals surface area (Å²) in [5, 5.41) is 0. The van der Waals surface area contributed by atoms with Crippen LogP contribution in [0.15, 0.2) is 0 Å². The smallest absolute Gasteiger partial charge is 0.151 e. The molecule has 4 nitrogen and oxygen atoms in total. The van der Waals surface area contributed by atoms with Crippen LogP contribution < -0.4 is 0 Å². The van der Waals surface area contributed by atoms with Crippen molar-refractivity contribution >= 4 is 21.6 Å². The van der Waals surface area contributed by atoms with E-state index < -0.39 is 9.84 Å². The molecule has 0 N–H and O–H groups in total. The molecule has 1 atom stereocenters. The minimum Gasteiger partial charge on any atom is -0.300 e. The Morgan fingerprint density at radius 1 is 1.19 bits per heavy atom. The predicted octanol–water partition coefficient (Wildman–Crippen LogP) is 1.32. The molecule has 3 fully saturated rings. The molecule has 0 amide bonds. The van der Waals surface area contributed by atoms with Crippen LogP contribution in [0.25, 0.3) is 0 Å². The van der Waals surface area contributed by atoms with Crippen molar-refractivity contribution in [2.45, 2.75) is 31.7 Å². The first kappa shape index (κ1) is 16.1. The van der Waals surface area contributed by atoms with Gasteiger partial charge in [-0.25, -0.2) is 8.42 Å². The molecule has 0 spiro atoms. The molecule has 6 heteroatoms. The van der Waals surface area contributed by atoms with Crippen molar-refractivity contribution < 1.29 is 8.42 Å². The Morgan fingerprint density at radius 2 is 1.90 bits per heavy atom. The number of hydrogen-bond donors (Lipinski definition) is 0. The van der Waals surface area contributed by atoms with Crippen molar-refractivity contribution in [2.75, 3.05) is 56.2 Å². The summed E-state index contributed by atoms with van der Waals surface area (Å²) in [6.07, 6.45) is 7.27. The maximum atomic E-state index is 11.6. The van der Waals surface area contributed by atoms with Gasteiger partial charge in [0.25, 0.3) is 0 Å². The van der Waals surface area contributed by atoms with Gasteiger partial charge in [0.1, 0.15) is 0 Å². The minimum atomic E-state index is -2.75. The van der Waals surface area contributed by atoms with Crippen LogP contribution in [0.5, 0.6) is 0 Å². The maximum absolute atomic E-state index is 11.6. The molecule has 1 aliphatic carbocycles. The molecule has 2 heterocycles. The Bertz CT molecular complexity index is 454. The highest BCUT2D eigenvalue weighted by atomic mass is 32.2. The predicted molar refractivity (Wildman–Crippen MR) is 89.7 cm³/mol. The van der Waals surface area contributed by atoms with Crippen molar-refractivity contribution in [1.82, 2.24) is 9.80 Å². The monoisotopic (exact) mass is 332 g/mol. The standard InChI is InChI=1S/C15H28N2O2S2/c1-20-13-15(4-2-5-15)12-16-6-8-17(9-7-16)14-3-10-21(18,19)11-14/h14H,2-13H2,1H3/t14-/m0/s1. The zero-order valence-corrected chi connectivity index (χ0v) is 14.7. The lowest BCUT2D eigenvalue weighted by Crippen LogP contribution is -2.54. The van der Waals surface area contributed by atoms with Gasteiger partial charge in [-0.1, -0.05) is 6.42 Å². The molecule has 3 aliphatic rings. The summed E-state index contributed by atoms with van der Waals surface area (Å²) >= 11 is 1.99. The van der Waals surface area contributed by atoms with Gasteiger partial charge in [-0.2, -0.15) is 11.8 Å². The summed E-state index contributed by atoms with van der Waals surface area (Å²) in [5.41, 5.74) is 0.582. The molecule has 2 saturated heterocycles. The fraction of sp³-hybridized carbons (Fsp3) is 1.00. The fourth-order valence-electron chi connectivity index (χ4n) is 4.16. The van der Waals surface area contributed by atoms with Gasteiger partial charge < -0.3 is 4.90 Å². The average Bonchev–Trinajstić information content (AvgIpc) is 2.77. The van der Waals surface area contributed by atoms with Crippen LogP contribution in [0.4, 0.5) is 0 Å². The molecular formula is C15H28N2O2S2. The van der Waals surface area contributed by atoms with Crippen LogP contribution >= 0.6 is 11.8 Å². The lowest BCUT2D eigenvalue weighted by Gasteiger charge is -2.47. The Balaban J connectivity index is 1.47. The van der Waals surface area contributed by atoms with E-state index in [-0.39, 0.29) is 0 Å². The molecule has 3 rings (SSSR count). The van der Waals surface area contributed by atoms with Crippen LogP contribution in [0.1, 0.15) is 25.7 Å². The third-order valence-corrected chi connectivity index (χ3v) is 8.21. The van der Waals surface area contributed by atoms with Crippen molar-refractivity contribution in [2.24, 2.45) is 5.41 Å². The highest BCUT2D eigenvalue weighted by Crippen LogP contribution is 2.43. The Kier molecular flexibility index (Phi) is 4.89. The number of rotatable bonds is 5. The van der Waals surface area contributed by atoms with Gasteiger partial charge in [0.2, 0.25) is 0 Å². The van der Waals surface area contributed by atoms with E-state index in [1.807, 2.05) is 11.8 Å². The molecule has 1 saturated carbocycles. The zero-order valence-electron chi connectivity index (χ0n) is 13.1. The normalized spacial score (nSPS) is 32.9. The van der Waals surface area contributed by atoms with Crippen LogP contribution in [0.3, 0.4) is 0 Å². The maximum Gasteiger partial charge on any atom is 0.151 e. The Morgan fingerprint density at radius 3 is 2.38 bits per heavy atom. The molecule has 0 aromatic rings. The third-order valence-electron chi connectivity index (χ3n) is 5.56. The van der Waals surface area contributed by atoms with E-state index in [0.717, 1.165) is 32.6 Å². The summed E-state index contributed by atoms with van der Waals surface area (Å²) < 4.78 is 23.2. The number of nitrogens with zero attached hydrogens (tertiary/aromatic N) is 2. The van der Waals surface area contributed by atoms with Crippen molar-refractivity contribution in [3.8, 4) is 0 Å². The molecule has 2 aliphatic heterocycles. The number of sulfone groups is 1. The summed E-state index contributed by atoms with van der Waals surface area (Å²) in [6.45, 7) is 5.59. The summed E-state index contributed by atoms with van der Waals surface area (Å²) in [4.78, 5) is 5.04. The average molecular weight is 333 g/mol. The highest BCUT2D eigenvalue weighted by Gasteiger charge is 2.39. The second kappa shape index (κ2) is 6.38. The van der Waals surface area contributed by atoms with Gasteiger partial charge in [0.05, 0.1) is 11.5 Å². The van der Waals surface area contributed by atoms with Crippen LogP contribution in [0, 0.1) is 5.41 Å². The minimum absolute atomic E-state index is 0.293. The van der Waals surface area contributed by atoms with Gasteiger partial charge in [-0.05, 0) is 36.7 Å². The Labute approximate surface area is 133 Å². The first-order valence-corrected chi connectivity index (χ1v) is 11.4. The SMILES string of the molecule is CSCC1(CN2CCN([C@H]3CCS(=O)(=O)C3)CC2)CCC1. The van der Waals surface area contributed by atoms with E-state index in [1.54, 1.807) is 0 Å². The van der Waals surface area contributed by atoms with Crippen LogP contribution in [-0.2, 0) is 9.84 Å². The topological polar surface area (TPSA) is 40.6 Å². The van der Waals surface area contributed by atoms with Gasteiger partial charge in [-0.3, -0.25) is 4.90 Å². The Hall–Kier alpha value is 0.220. The molecular weight excluding hydrogens is 304 g/mol. The van der Waals surface area contributed by atoms with Crippen molar-refractivity contribution in [1.29, 1.82) is 0 Å². The first-order chi connectivity index (χ1) is 10.0. The third kappa shape index (κ3) is 3.77. The van der Waals surface area contributed by atoms with E-state index >= 15 is 0 Å². The highest BCUT2D eigenvalue weighted by molar-refractivity contribution is 7.98. The van der Waals surface area contributed by atoms with Crippen LogP contribution in [0.2, 0.25) is 0 Å². The van der Waals surface area contributed by atoms with E-state index in [9.17, 15) is 8.42 Å². The van der Waals surface area contributed by atoms with Gasteiger partial charge in [0.15, 0.2) is 9.84 Å². The number of thioether (sulfide) groups is 1. The number of piperazine rings is 1. The fourth-order valence-corrected chi connectivity index (χ4v) is 6.91. The van der Waals surface area contributed by atoms with Crippen molar-refractivity contribution in [3.63, 3.8) is 0 Å². The lowest BCUT2D eigenvalue weighted by molar-refractivity contribution is 0.0436. The largest absolute Gasteiger partial charge is 0.300 e. The first-order valence-electron chi connectivity index (χ1n) is 8.18. The summed E-state index contributed by atoms with van der Waals surface area (Å²) in [7, 11) is -2.75. The lowest BCUT2D eigenvalue weighted by atomic mass is 9.70. The van der Waals surface area contributed by atoms with E-state index in [2.05, 4.69) is 16.1 Å². The number of hydrogen-bond acceptors (Lipinski definition) is 5. The summed E-state index contributed by atoms with van der Waals surface area (Å²) in [6, 6.07) is 0.293. The molecule has 0 radical (unpaired) electrons. The summed E-state index contributed by atoms with van der Waals surface area (Å²) in [5.74, 6) is 2.09.